The van der Waals surface area contributed by atoms with Crippen LogP contribution in [0, 0.1) is 20.8 Å². The average Bonchev–Trinajstić information content (AvgIpc) is 2.50. The van der Waals surface area contributed by atoms with Gasteiger partial charge in [-0.2, -0.15) is 0 Å². The van der Waals surface area contributed by atoms with Crippen molar-refractivity contribution in [1.29, 1.82) is 0 Å². The van der Waals surface area contributed by atoms with Crippen LogP contribution in [0.3, 0.4) is 0 Å². The van der Waals surface area contributed by atoms with Gasteiger partial charge in [-0.25, -0.2) is 9.97 Å². The van der Waals surface area contributed by atoms with E-state index in [4.69, 9.17) is 0 Å². The van der Waals surface area contributed by atoms with Crippen LogP contribution in [-0.2, 0) is 0 Å². The van der Waals surface area contributed by atoms with Crippen molar-refractivity contribution in [3.05, 3.63) is 46.9 Å². The molecular weight excluding hydrogens is 300 g/mol. The molecule has 24 heavy (non-hydrogen) atoms. The van der Waals surface area contributed by atoms with E-state index in [1.807, 2.05) is 7.05 Å². The fourth-order valence-corrected chi connectivity index (χ4v) is 2.63. The molecule has 0 atom stereocenters. The maximum atomic E-state index is 12.5. The van der Waals surface area contributed by atoms with Crippen molar-refractivity contribution < 1.29 is 4.79 Å². The lowest BCUT2D eigenvalue weighted by Gasteiger charge is -2.17. The molecule has 0 unspecified atom stereocenters. The van der Waals surface area contributed by atoms with Gasteiger partial charge in [-0.1, -0.05) is 19.4 Å². The summed E-state index contributed by atoms with van der Waals surface area (Å²) in [5, 5.41) is 3.28. The molecule has 0 radical (unpaired) electrons. The molecule has 0 spiro atoms. The number of anilines is 2. The van der Waals surface area contributed by atoms with E-state index in [-0.39, 0.29) is 5.91 Å². The molecule has 1 aromatic heterocycles. The van der Waals surface area contributed by atoms with Crippen LogP contribution in [0.2, 0.25) is 0 Å². The van der Waals surface area contributed by atoms with Gasteiger partial charge in [-0.15, -0.1) is 0 Å². The summed E-state index contributed by atoms with van der Waals surface area (Å²) in [7, 11) is 1.81. The zero-order chi connectivity index (χ0) is 17.7. The van der Waals surface area contributed by atoms with Crippen molar-refractivity contribution >= 4 is 17.4 Å². The second-order valence-corrected chi connectivity index (χ2v) is 6.27. The number of carbonyl (C=O) groups excluding carboxylic acids is 1. The Morgan fingerprint density at radius 1 is 1.08 bits per heavy atom. The molecule has 1 aromatic carbocycles. The van der Waals surface area contributed by atoms with Gasteiger partial charge in [-0.05, 0) is 50.5 Å². The summed E-state index contributed by atoms with van der Waals surface area (Å²) in [5.41, 5.74) is 3.74. The van der Waals surface area contributed by atoms with Gasteiger partial charge in [0.25, 0.3) is 5.91 Å². The molecule has 1 heterocycles. The molecule has 5 nitrogen and oxygen atoms in total. The van der Waals surface area contributed by atoms with E-state index in [0.29, 0.717) is 17.3 Å². The maximum Gasteiger partial charge on any atom is 0.272 e. The van der Waals surface area contributed by atoms with Crippen LogP contribution >= 0.6 is 0 Å². The number of nitrogens with zero attached hydrogens (tertiary/aromatic N) is 3. The third-order valence-corrected chi connectivity index (χ3v) is 3.74. The molecule has 0 aliphatic carbocycles. The lowest BCUT2D eigenvalue weighted by atomic mass is 10.1. The number of hydrogen-bond acceptors (Lipinski definition) is 4. The van der Waals surface area contributed by atoms with Crippen LogP contribution in [0.15, 0.2) is 24.3 Å². The average molecular weight is 326 g/mol. The topological polar surface area (TPSA) is 58.1 Å². The third-order valence-electron chi connectivity index (χ3n) is 3.74. The summed E-state index contributed by atoms with van der Waals surface area (Å²) in [5.74, 6) is 1.15. The van der Waals surface area contributed by atoms with Gasteiger partial charge < -0.3 is 10.2 Å². The van der Waals surface area contributed by atoms with Crippen molar-refractivity contribution in [2.45, 2.75) is 40.5 Å². The summed E-state index contributed by atoms with van der Waals surface area (Å²) in [6.07, 6.45) is 2.04. The van der Waals surface area contributed by atoms with Crippen molar-refractivity contribution in [1.82, 2.24) is 14.9 Å². The van der Waals surface area contributed by atoms with Crippen LogP contribution in [-0.4, -0.2) is 34.4 Å². The zero-order valence-electron chi connectivity index (χ0n) is 15.2. The van der Waals surface area contributed by atoms with Crippen LogP contribution in [0.25, 0.3) is 0 Å². The minimum Gasteiger partial charge on any atom is -0.340 e. The molecule has 2 rings (SSSR count). The van der Waals surface area contributed by atoms with Gasteiger partial charge in [0, 0.05) is 25.3 Å². The first kappa shape index (κ1) is 17.9. The minimum absolute atomic E-state index is 0.0718. The summed E-state index contributed by atoms with van der Waals surface area (Å²) < 4.78 is 0. The van der Waals surface area contributed by atoms with Gasteiger partial charge in [0.1, 0.15) is 17.3 Å². The Balaban J connectivity index is 2.23. The third kappa shape index (κ3) is 4.78. The predicted molar refractivity (Wildman–Crippen MR) is 97.8 cm³/mol. The number of carbonyl (C=O) groups is 1. The lowest BCUT2D eigenvalue weighted by Crippen LogP contribution is -2.28. The molecule has 0 fully saturated rings. The van der Waals surface area contributed by atoms with E-state index in [2.05, 4.69) is 54.3 Å². The fraction of sp³-hybridized carbons (Fsp3) is 0.421. The monoisotopic (exact) mass is 326 g/mol. The second kappa shape index (κ2) is 7.90. The molecule has 128 valence electrons. The quantitative estimate of drug-likeness (QED) is 0.871. The smallest absolute Gasteiger partial charge is 0.272 e. The zero-order valence-corrected chi connectivity index (χ0v) is 15.2. The normalized spacial score (nSPS) is 10.5. The van der Waals surface area contributed by atoms with Gasteiger partial charge in [0.2, 0.25) is 0 Å². The van der Waals surface area contributed by atoms with Crippen molar-refractivity contribution in [3.63, 3.8) is 0 Å². The Labute approximate surface area is 144 Å². The van der Waals surface area contributed by atoms with Crippen molar-refractivity contribution in [2.24, 2.45) is 0 Å². The first-order valence-electron chi connectivity index (χ1n) is 8.35. The number of nitrogens with one attached hydrogen (secondary N) is 1. The summed E-state index contributed by atoms with van der Waals surface area (Å²) in [6.45, 7) is 8.76. The Morgan fingerprint density at radius 3 is 2.38 bits per heavy atom. The number of amides is 1. The number of benzene rings is 1. The number of hydrogen-bond donors (Lipinski definition) is 1. The Hall–Kier alpha value is -2.43. The van der Waals surface area contributed by atoms with E-state index in [1.165, 1.54) is 11.1 Å². The van der Waals surface area contributed by atoms with Crippen LogP contribution in [0.1, 0.15) is 47.2 Å². The molecular formula is C19H26N4O. The number of aromatic nitrogens is 2. The summed E-state index contributed by atoms with van der Waals surface area (Å²) in [4.78, 5) is 22.9. The molecule has 0 saturated carbocycles. The van der Waals surface area contributed by atoms with Gasteiger partial charge >= 0.3 is 0 Å². The molecule has 2 aromatic rings. The fourth-order valence-electron chi connectivity index (χ4n) is 2.63. The number of rotatable bonds is 6. The van der Waals surface area contributed by atoms with Crippen LogP contribution in [0.4, 0.5) is 11.5 Å². The minimum atomic E-state index is -0.0718. The molecule has 0 aliphatic heterocycles. The molecule has 5 heteroatoms. The largest absolute Gasteiger partial charge is 0.340 e. The molecule has 0 saturated heterocycles. The first-order valence-corrected chi connectivity index (χ1v) is 8.35. The molecule has 1 amide bonds. The molecule has 0 bridgehead atoms. The van der Waals surface area contributed by atoms with Gasteiger partial charge in [0.05, 0.1) is 0 Å². The van der Waals surface area contributed by atoms with E-state index in [1.54, 1.807) is 17.9 Å². The number of unbranched alkanes of at least 4 members (excludes halogenated alkanes) is 1. The highest BCUT2D eigenvalue weighted by Gasteiger charge is 2.15. The maximum absolute atomic E-state index is 12.5. The van der Waals surface area contributed by atoms with E-state index >= 15 is 0 Å². The van der Waals surface area contributed by atoms with Crippen molar-refractivity contribution in [2.75, 3.05) is 18.9 Å². The lowest BCUT2D eigenvalue weighted by molar-refractivity contribution is 0.0787. The van der Waals surface area contributed by atoms with Crippen molar-refractivity contribution in [3.8, 4) is 0 Å². The Morgan fingerprint density at radius 2 is 1.75 bits per heavy atom. The van der Waals surface area contributed by atoms with E-state index in [9.17, 15) is 4.79 Å². The highest BCUT2D eigenvalue weighted by molar-refractivity contribution is 5.93. The highest BCUT2D eigenvalue weighted by atomic mass is 16.2. The Bertz CT molecular complexity index is 707. The summed E-state index contributed by atoms with van der Waals surface area (Å²) >= 11 is 0. The predicted octanol–water partition coefficient (Wildman–Crippen LogP) is 4.02. The molecule has 1 N–H and O–H groups in total. The first-order chi connectivity index (χ1) is 11.4. The molecule has 0 aliphatic rings. The highest BCUT2D eigenvalue weighted by Crippen LogP contribution is 2.19. The van der Waals surface area contributed by atoms with E-state index in [0.717, 1.165) is 25.1 Å². The van der Waals surface area contributed by atoms with Gasteiger partial charge in [-0.3, -0.25) is 4.79 Å². The second-order valence-electron chi connectivity index (χ2n) is 6.27. The van der Waals surface area contributed by atoms with Gasteiger partial charge in [0.15, 0.2) is 0 Å². The van der Waals surface area contributed by atoms with E-state index < -0.39 is 0 Å². The number of aryl methyl sites for hydroxylation is 3. The SMILES string of the molecule is CCCCN(C)C(=O)c1cc(Nc2cc(C)cc(C)c2)nc(C)n1. The summed E-state index contributed by atoms with van der Waals surface area (Å²) in [6, 6.07) is 7.95. The van der Waals surface area contributed by atoms with Crippen LogP contribution in [0.5, 0.6) is 0 Å². The van der Waals surface area contributed by atoms with Crippen LogP contribution < -0.4 is 5.32 Å². The Kier molecular flexibility index (Phi) is 5.90. The standard InChI is InChI=1S/C19H26N4O/c1-6-7-8-23(5)19(24)17-12-18(21-15(4)20-17)22-16-10-13(2)9-14(3)11-16/h9-12H,6-8H2,1-5H3,(H,20,21,22).